The monoisotopic (exact) mass is 518 g/mol. The van der Waals surface area contributed by atoms with Gasteiger partial charge in [-0.1, -0.05) is 66.7 Å². The Morgan fingerprint density at radius 2 is 1.46 bits per heavy atom. The van der Waals surface area contributed by atoms with Crippen molar-refractivity contribution in [2.24, 2.45) is 0 Å². The minimum absolute atomic E-state index is 0.0100. The molecule has 3 heterocycles. The minimum Gasteiger partial charge on any atom is -0.484 e. The number of fused-ring (bicyclic) bond motifs is 1. The van der Waals surface area contributed by atoms with E-state index in [1.54, 1.807) is 0 Å². The summed E-state index contributed by atoms with van der Waals surface area (Å²) >= 11 is 0. The second kappa shape index (κ2) is 10.9. The van der Waals surface area contributed by atoms with E-state index in [4.69, 9.17) is 19.8 Å². The zero-order valence-electron chi connectivity index (χ0n) is 21.9. The van der Waals surface area contributed by atoms with E-state index in [1.807, 2.05) is 95.4 Å². The number of carbonyl (C=O) groups excluding carboxylic acids is 1. The Kier molecular flexibility index (Phi) is 6.91. The van der Waals surface area contributed by atoms with E-state index >= 15 is 0 Å². The van der Waals surface area contributed by atoms with Crippen molar-refractivity contribution in [1.82, 2.24) is 24.6 Å². The van der Waals surface area contributed by atoms with Crippen molar-refractivity contribution in [3.63, 3.8) is 0 Å². The summed E-state index contributed by atoms with van der Waals surface area (Å²) in [6.07, 6.45) is 0.623. The maximum absolute atomic E-state index is 12.8. The van der Waals surface area contributed by atoms with Gasteiger partial charge in [0.15, 0.2) is 12.3 Å². The standard InChI is InChI=1S/C31H30N6O2/c1-23-29-30(36-19-17-35(18-20-36)28(38)22-39-26-15-9-4-10-16-26)32-27(21-24-11-5-2-6-12-24)33-31(29)37(34-23)25-13-7-3-8-14-25/h2-16H,17-22H2,1H3. The molecule has 0 atom stereocenters. The first-order valence-electron chi connectivity index (χ1n) is 13.2. The SMILES string of the molecule is Cc1nn(-c2ccccc2)c2nc(Cc3ccccc3)nc(N3CCN(C(=O)COc4ccccc4)CC3)c12. The van der Waals surface area contributed by atoms with Crippen LogP contribution in [0.3, 0.4) is 0 Å². The third-order valence-corrected chi connectivity index (χ3v) is 6.97. The molecule has 1 saturated heterocycles. The lowest BCUT2D eigenvalue weighted by molar-refractivity contribution is -0.133. The summed E-state index contributed by atoms with van der Waals surface area (Å²) in [5.74, 6) is 2.31. The zero-order chi connectivity index (χ0) is 26.6. The van der Waals surface area contributed by atoms with Crippen molar-refractivity contribution >= 4 is 22.8 Å². The first-order valence-corrected chi connectivity index (χ1v) is 13.2. The van der Waals surface area contributed by atoms with Gasteiger partial charge in [0.05, 0.1) is 16.8 Å². The highest BCUT2D eigenvalue weighted by Gasteiger charge is 2.26. The van der Waals surface area contributed by atoms with Gasteiger partial charge in [-0.3, -0.25) is 4.79 Å². The maximum Gasteiger partial charge on any atom is 0.260 e. The lowest BCUT2D eigenvalue weighted by Gasteiger charge is -2.35. The lowest BCUT2D eigenvalue weighted by Crippen LogP contribution is -2.50. The van der Waals surface area contributed by atoms with Gasteiger partial charge in [0.2, 0.25) is 0 Å². The number of carbonyl (C=O) groups is 1. The third-order valence-electron chi connectivity index (χ3n) is 6.97. The van der Waals surface area contributed by atoms with Crippen LogP contribution < -0.4 is 9.64 Å². The highest BCUT2D eigenvalue weighted by Crippen LogP contribution is 2.30. The Balaban J connectivity index is 1.28. The van der Waals surface area contributed by atoms with Crippen molar-refractivity contribution < 1.29 is 9.53 Å². The number of hydrogen-bond acceptors (Lipinski definition) is 6. The molecular formula is C31H30N6O2. The summed E-state index contributed by atoms with van der Waals surface area (Å²) in [7, 11) is 0. The van der Waals surface area contributed by atoms with E-state index in [2.05, 4.69) is 17.0 Å². The van der Waals surface area contributed by atoms with Crippen molar-refractivity contribution in [3.8, 4) is 11.4 Å². The summed E-state index contributed by atoms with van der Waals surface area (Å²) < 4.78 is 7.59. The van der Waals surface area contributed by atoms with Crippen LogP contribution in [0.25, 0.3) is 16.7 Å². The number of aryl methyl sites for hydroxylation is 1. The summed E-state index contributed by atoms with van der Waals surface area (Å²) in [5.41, 5.74) is 3.79. The maximum atomic E-state index is 12.8. The molecule has 1 fully saturated rings. The number of piperazine rings is 1. The smallest absolute Gasteiger partial charge is 0.260 e. The quantitative estimate of drug-likeness (QED) is 0.317. The molecular weight excluding hydrogens is 488 g/mol. The average molecular weight is 519 g/mol. The van der Waals surface area contributed by atoms with Gasteiger partial charge in [-0.2, -0.15) is 5.10 Å². The van der Waals surface area contributed by atoms with Crippen molar-refractivity contribution in [3.05, 3.63) is 108 Å². The molecule has 0 spiro atoms. The Labute approximate surface area is 227 Å². The van der Waals surface area contributed by atoms with Crippen LogP contribution in [0, 0.1) is 6.92 Å². The van der Waals surface area contributed by atoms with Crippen LogP contribution >= 0.6 is 0 Å². The van der Waals surface area contributed by atoms with Gasteiger partial charge in [0.1, 0.15) is 17.4 Å². The number of benzene rings is 3. The summed E-state index contributed by atoms with van der Waals surface area (Å²) in [6, 6.07) is 29.8. The average Bonchev–Trinajstić information content (AvgIpc) is 3.33. The number of hydrogen-bond donors (Lipinski definition) is 0. The second-order valence-electron chi connectivity index (χ2n) is 9.63. The van der Waals surface area contributed by atoms with Gasteiger partial charge in [-0.25, -0.2) is 14.6 Å². The van der Waals surface area contributed by atoms with Gasteiger partial charge in [0.25, 0.3) is 5.91 Å². The Hall–Kier alpha value is -4.72. The number of amides is 1. The highest BCUT2D eigenvalue weighted by atomic mass is 16.5. The van der Waals surface area contributed by atoms with E-state index in [0.717, 1.165) is 39.6 Å². The molecule has 8 heteroatoms. The molecule has 1 aliphatic heterocycles. The fourth-order valence-corrected chi connectivity index (χ4v) is 4.96. The summed E-state index contributed by atoms with van der Waals surface area (Å²) in [4.78, 5) is 27.0. The van der Waals surface area contributed by atoms with Gasteiger partial charge in [0, 0.05) is 32.6 Å². The number of anilines is 1. The summed E-state index contributed by atoms with van der Waals surface area (Å²) in [6.45, 7) is 4.58. The molecule has 3 aromatic carbocycles. The zero-order valence-corrected chi connectivity index (χ0v) is 21.9. The normalized spacial score (nSPS) is 13.6. The molecule has 0 aliphatic carbocycles. The Bertz CT molecular complexity index is 1560. The molecule has 0 bridgehead atoms. The molecule has 2 aromatic heterocycles. The molecule has 6 rings (SSSR count). The molecule has 0 radical (unpaired) electrons. The number of rotatable bonds is 7. The molecule has 0 unspecified atom stereocenters. The second-order valence-corrected chi connectivity index (χ2v) is 9.63. The predicted molar refractivity (Wildman–Crippen MR) is 151 cm³/mol. The molecule has 5 aromatic rings. The molecule has 196 valence electrons. The van der Waals surface area contributed by atoms with Crippen molar-refractivity contribution in [2.45, 2.75) is 13.3 Å². The predicted octanol–water partition coefficient (Wildman–Crippen LogP) is 4.44. The van der Waals surface area contributed by atoms with Crippen molar-refractivity contribution in [1.29, 1.82) is 0 Å². The van der Waals surface area contributed by atoms with Gasteiger partial charge in [-0.15, -0.1) is 0 Å². The van der Waals surface area contributed by atoms with Crippen LogP contribution in [0.1, 0.15) is 17.1 Å². The van der Waals surface area contributed by atoms with E-state index in [9.17, 15) is 4.79 Å². The van der Waals surface area contributed by atoms with Crippen LogP contribution in [-0.2, 0) is 11.2 Å². The molecule has 0 saturated carbocycles. The van der Waals surface area contributed by atoms with E-state index in [1.165, 1.54) is 0 Å². The number of nitrogens with zero attached hydrogens (tertiary/aromatic N) is 6. The van der Waals surface area contributed by atoms with Gasteiger partial charge < -0.3 is 14.5 Å². The summed E-state index contributed by atoms with van der Waals surface area (Å²) in [5, 5.41) is 5.81. The van der Waals surface area contributed by atoms with Crippen LogP contribution in [0.4, 0.5) is 5.82 Å². The van der Waals surface area contributed by atoms with Crippen LogP contribution in [-0.4, -0.2) is 63.3 Å². The van der Waals surface area contributed by atoms with E-state index < -0.39 is 0 Å². The first-order chi connectivity index (χ1) is 19.2. The molecule has 8 nitrogen and oxygen atoms in total. The number of ether oxygens (including phenoxy) is 1. The molecule has 1 amide bonds. The first kappa shape index (κ1) is 24.6. The molecule has 0 N–H and O–H groups in total. The third kappa shape index (κ3) is 5.31. The van der Waals surface area contributed by atoms with Gasteiger partial charge in [-0.05, 0) is 36.8 Å². The topological polar surface area (TPSA) is 76.4 Å². The fraction of sp³-hybridized carbons (Fsp3) is 0.226. The number of aromatic nitrogens is 4. The van der Waals surface area contributed by atoms with Crippen LogP contribution in [0.2, 0.25) is 0 Å². The van der Waals surface area contributed by atoms with Gasteiger partial charge >= 0.3 is 0 Å². The Morgan fingerprint density at radius 1 is 0.821 bits per heavy atom. The largest absolute Gasteiger partial charge is 0.484 e. The minimum atomic E-state index is -0.0100. The van der Waals surface area contributed by atoms with Crippen LogP contribution in [0.5, 0.6) is 5.75 Å². The van der Waals surface area contributed by atoms with E-state index in [0.29, 0.717) is 38.3 Å². The molecule has 1 aliphatic rings. The molecule has 39 heavy (non-hydrogen) atoms. The Morgan fingerprint density at radius 3 is 2.15 bits per heavy atom. The number of para-hydroxylation sites is 2. The van der Waals surface area contributed by atoms with Crippen molar-refractivity contribution in [2.75, 3.05) is 37.7 Å². The van der Waals surface area contributed by atoms with E-state index in [-0.39, 0.29) is 12.5 Å². The lowest BCUT2D eigenvalue weighted by atomic mass is 10.1. The highest BCUT2D eigenvalue weighted by molar-refractivity contribution is 5.91. The fourth-order valence-electron chi connectivity index (χ4n) is 4.96. The van der Waals surface area contributed by atoms with Crippen LogP contribution in [0.15, 0.2) is 91.0 Å².